The molecule has 0 saturated heterocycles. The van der Waals surface area contributed by atoms with Gasteiger partial charge >= 0.3 is 12.2 Å². The lowest BCUT2D eigenvalue weighted by atomic mass is 10.1. The molecule has 3 N–H and O–H groups in total. The smallest absolute Gasteiger partial charge is 0.351 e. The molecule has 134 valence electrons. The first-order valence-corrected chi connectivity index (χ1v) is 7.65. The van der Waals surface area contributed by atoms with Gasteiger partial charge in [-0.3, -0.25) is 0 Å². The van der Waals surface area contributed by atoms with Crippen molar-refractivity contribution in [1.29, 1.82) is 0 Å². The van der Waals surface area contributed by atoms with E-state index in [1.807, 2.05) is 0 Å². The third-order valence-corrected chi connectivity index (χ3v) is 3.72. The molecule has 8 heteroatoms. The molecule has 0 radical (unpaired) electrons. The summed E-state index contributed by atoms with van der Waals surface area (Å²) in [4.78, 5) is 10.9. The number of halogens is 3. The highest BCUT2D eigenvalue weighted by atomic mass is 19.4. The summed E-state index contributed by atoms with van der Waals surface area (Å²) in [6.07, 6.45) is -4.38. The fourth-order valence-electron chi connectivity index (χ4n) is 2.56. The highest BCUT2D eigenvalue weighted by Gasteiger charge is 2.30. The molecule has 0 atom stereocenters. The Morgan fingerprint density at radius 3 is 2.23 bits per heavy atom. The Morgan fingerprint density at radius 1 is 1.08 bits per heavy atom. The van der Waals surface area contributed by atoms with Gasteiger partial charge in [-0.1, -0.05) is 12.1 Å². The number of hydrogen-bond donors (Lipinski definition) is 2. The minimum absolute atomic E-state index is 0.529. The van der Waals surface area contributed by atoms with Crippen LogP contribution in [0.3, 0.4) is 0 Å². The molecule has 0 bridgehead atoms. The van der Waals surface area contributed by atoms with Crippen LogP contribution in [-0.4, -0.2) is 15.8 Å². The number of alkyl halides is 3. The Hall–Kier alpha value is -3.29. The Bertz CT molecular complexity index is 929. The summed E-state index contributed by atoms with van der Waals surface area (Å²) in [5, 5.41) is 6.86. The predicted octanol–water partition coefficient (Wildman–Crippen LogP) is 4.36. The van der Waals surface area contributed by atoms with Crippen molar-refractivity contribution in [3.63, 3.8) is 0 Å². The number of carbonyl (C=O) groups excluding carboxylic acids is 1. The lowest BCUT2D eigenvalue weighted by Gasteiger charge is -2.10. The maximum Gasteiger partial charge on any atom is 0.416 e. The quantitative estimate of drug-likeness (QED) is 0.728. The lowest BCUT2D eigenvalue weighted by Crippen LogP contribution is -2.19. The average Bonchev–Trinajstić information content (AvgIpc) is 2.96. The molecular formula is C18H15F3N4O. The van der Waals surface area contributed by atoms with Crippen LogP contribution < -0.4 is 11.1 Å². The number of rotatable bonds is 3. The van der Waals surface area contributed by atoms with Crippen molar-refractivity contribution in [3.8, 4) is 16.9 Å². The van der Waals surface area contributed by atoms with Gasteiger partial charge in [-0.05, 0) is 49.4 Å². The Morgan fingerprint density at radius 2 is 1.69 bits per heavy atom. The summed E-state index contributed by atoms with van der Waals surface area (Å²) in [7, 11) is 0. The van der Waals surface area contributed by atoms with Crippen molar-refractivity contribution < 1.29 is 18.0 Å². The van der Waals surface area contributed by atoms with E-state index in [-0.39, 0.29) is 0 Å². The van der Waals surface area contributed by atoms with E-state index >= 15 is 0 Å². The minimum atomic E-state index is -4.38. The van der Waals surface area contributed by atoms with Gasteiger partial charge in [-0.25, -0.2) is 9.48 Å². The zero-order valence-corrected chi connectivity index (χ0v) is 13.7. The Kier molecular flexibility index (Phi) is 4.41. The molecule has 5 nitrogen and oxygen atoms in total. The minimum Gasteiger partial charge on any atom is -0.351 e. The van der Waals surface area contributed by atoms with Crippen LogP contribution in [0.2, 0.25) is 0 Å². The zero-order valence-electron chi connectivity index (χ0n) is 13.7. The first-order chi connectivity index (χ1) is 12.2. The van der Waals surface area contributed by atoms with Gasteiger partial charge in [0.05, 0.1) is 22.6 Å². The number of benzene rings is 2. The van der Waals surface area contributed by atoms with Crippen molar-refractivity contribution in [1.82, 2.24) is 9.78 Å². The lowest BCUT2D eigenvalue weighted by molar-refractivity contribution is -0.137. The highest BCUT2D eigenvalue weighted by molar-refractivity contribution is 5.87. The van der Waals surface area contributed by atoms with E-state index in [0.29, 0.717) is 22.6 Å². The standard InChI is InChI=1S/C18H15F3N4O/c1-11-10-16(12-2-4-13(5-3-12)18(19,20)21)25(24-11)15-8-6-14(7-9-15)23-17(22)26/h2-10H,1H3,(H3,22,23,26). The van der Waals surface area contributed by atoms with Crippen molar-refractivity contribution in [2.75, 3.05) is 5.32 Å². The monoisotopic (exact) mass is 360 g/mol. The Labute approximate surface area is 147 Å². The predicted molar refractivity (Wildman–Crippen MR) is 91.9 cm³/mol. The number of nitrogens with zero attached hydrogens (tertiary/aromatic N) is 2. The van der Waals surface area contributed by atoms with Crippen LogP contribution in [0.5, 0.6) is 0 Å². The second-order valence-electron chi connectivity index (χ2n) is 5.69. The van der Waals surface area contributed by atoms with Gasteiger partial charge in [0, 0.05) is 11.3 Å². The van der Waals surface area contributed by atoms with Crippen LogP contribution in [-0.2, 0) is 6.18 Å². The van der Waals surface area contributed by atoms with Gasteiger partial charge in [0.15, 0.2) is 0 Å². The van der Waals surface area contributed by atoms with Crippen molar-refractivity contribution >= 4 is 11.7 Å². The number of amides is 2. The maximum atomic E-state index is 12.7. The number of urea groups is 1. The third-order valence-electron chi connectivity index (χ3n) is 3.72. The first kappa shape index (κ1) is 17.5. The van der Waals surface area contributed by atoms with Crippen LogP contribution in [0.15, 0.2) is 54.6 Å². The summed E-state index contributed by atoms with van der Waals surface area (Å²) < 4.78 is 39.9. The normalized spacial score (nSPS) is 11.4. The fourth-order valence-corrected chi connectivity index (χ4v) is 2.56. The molecule has 0 fully saturated rings. The van der Waals surface area contributed by atoms with Gasteiger partial charge in [-0.2, -0.15) is 18.3 Å². The largest absolute Gasteiger partial charge is 0.416 e. The topological polar surface area (TPSA) is 72.9 Å². The second-order valence-corrected chi connectivity index (χ2v) is 5.69. The molecule has 0 spiro atoms. The van der Waals surface area contributed by atoms with Crippen molar-refractivity contribution in [2.45, 2.75) is 13.1 Å². The molecule has 3 rings (SSSR count). The number of nitrogens with two attached hydrogens (primary N) is 1. The number of anilines is 1. The number of primary amides is 1. The van der Waals surface area contributed by atoms with Crippen LogP contribution in [0, 0.1) is 6.92 Å². The SMILES string of the molecule is Cc1cc(-c2ccc(C(F)(F)F)cc2)n(-c2ccc(NC(N)=O)cc2)n1. The van der Waals surface area contributed by atoms with Gasteiger partial charge in [-0.15, -0.1) is 0 Å². The number of carbonyl (C=O) groups is 1. The van der Waals surface area contributed by atoms with Crippen LogP contribution in [0.4, 0.5) is 23.7 Å². The highest BCUT2D eigenvalue weighted by Crippen LogP contribution is 2.31. The van der Waals surface area contributed by atoms with Crippen LogP contribution in [0.25, 0.3) is 16.9 Å². The molecule has 3 aromatic rings. The first-order valence-electron chi connectivity index (χ1n) is 7.65. The number of nitrogens with one attached hydrogen (secondary N) is 1. The van der Waals surface area contributed by atoms with E-state index in [2.05, 4.69) is 10.4 Å². The summed E-state index contributed by atoms with van der Waals surface area (Å²) >= 11 is 0. The van der Waals surface area contributed by atoms with E-state index in [4.69, 9.17) is 5.73 Å². The van der Waals surface area contributed by atoms with Crippen molar-refractivity contribution in [3.05, 3.63) is 65.9 Å². The van der Waals surface area contributed by atoms with Crippen molar-refractivity contribution in [2.24, 2.45) is 5.73 Å². The van der Waals surface area contributed by atoms with Crippen LogP contribution >= 0.6 is 0 Å². The summed E-state index contributed by atoms with van der Waals surface area (Å²) in [6, 6.07) is 12.8. The van der Waals surface area contributed by atoms with Gasteiger partial charge in [0.25, 0.3) is 0 Å². The summed E-state index contributed by atoms with van der Waals surface area (Å²) in [5.41, 5.74) is 7.59. The molecule has 0 saturated carbocycles. The third kappa shape index (κ3) is 3.69. The molecule has 2 amide bonds. The second kappa shape index (κ2) is 6.55. The number of hydrogen-bond acceptors (Lipinski definition) is 2. The average molecular weight is 360 g/mol. The molecule has 26 heavy (non-hydrogen) atoms. The number of aromatic nitrogens is 2. The molecule has 1 aromatic heterocycles. The summed E-state index contributed by atoms with van der Waals surface area (Å²) in [5.74, 6) is 0. The molecular weight excluding hydrogens is 345 g/mol. The zero-order chi connectivity index (χ0) is 18.9. The van der Waals surface area contributed by atoms with Gasteiger partial charge in [0.2, 0.25) is 0 Å². The van der Waals surface area contributed by atoms with E-state index in [1.165, 1.54) is 12.1 Å². The Balaban J connectivity index is 1.97. The number of aryl methyl sites for hydroxylation is 1. The van der Waals surface area contributed by atoms with Crippen LogP contribution in [0.1, 0.15) is 11.3 Å². The maximum absolute atomic E-state index is 12.7. The summed E-state index contributed by atoms with van der Waals surface area (Å²) in [6.45, 7) is 1.80. The molecule has 1 heterocycles. The fraction of sp³-hybridized carbons (Fsp3) is 0.111. The van der Waals surface area contributed by atoms with Gasteiger partial charge < -0.3 is 11.1 Å². The molecule has 0 aliphatic heterocycles. The van der Waals surface area contributed by atoms with E-state index in [1.54, 1.807) is 41.9 Å². The van der Waals surface area contributed by atoms with Gasteiger partial charge in [0.1, 0.15) is 0 Å². The van der Waals surface area contributed by atoms with E-state index < -0.39 is 17.8 Å². The van der Waals surface area contributed by atoms with E-state index in [9.17, 15) is 18.0 Å². The molecule has 2 aromatic carbocycles. The molecule has 0 aliphatic rings. The molecule has 0 aliphatic carbocycles. The molecule has 0 unspecified atom stereocenters. The van der Waals surface area contributed by atoms with E-state index in [0.717, 1.165) is 17.8 Å².